The van der Waals surface area contributed by atoms with Crippen LogP contribution in [0.3, 0.4) is 0 Å². The van der Waals surface area contributed by atoms with Gasteiger partial charge in [0.25, 0.3) is 0 Å². The van der Waals surface area contributed by atoms with Crippen molar-refractivity contribution in [3.8, 4) is 0 Å². The average molecular weight is 247 g/mol. The van der Waals surface area contributed by atoms with E-state index in [1.54, 1.807) is 19.1 Å². The summed E-state index contributed by atoms with van der Waals surface area (Å²) < 4.78 is 26.3. The van der Waals surface area contributed by atoms with Gasteiger partial charge in [-0.25, -0.2) is 8.78 Å². The molecule has 0 aliphatic carbocycles. The second-order valence-electron chi connectivity index (χ2n) is 4.39. The van der Waals surface area contributed by atoms with Gasteiger partial charge in [0, 0.05) is 12.2 Å². The monoisotopic (exact) mass is 247 g/mol. The predicted octanol–water partition coefficient (Wildman–Crippen LogP) is 4.19. The Morgan fingerprint density at radius 1 is 0.944 bits per heavy atom. The van der Waals surface area contributed by atoms with Crippen LogP contribution < -0.4 is 5.32 Å². The first-order valence-electron chi connectivity index (χ1n) is 5.81. The van der Waals surface area contributed by atoms with Gasteiger partial charge in [0.15, 0.2) is 0 Å². The molecule has 0 unspecified atom stereocenters. The number of nitrogens with one attached hydrogen (secondary N) is 1. The number of hydrogen-bond acceptors (Lipinski definition) is 1. The van der Waals surface area contributed by atoms with E-state index in [0.29, 0.717) is 12.1 Å². The quantitative estimate of drug-likeness (QED) is 0.857. The largest absolute Gasteiger partial charge is 0.381 e. The fourth-order valence-corrected chi connectivity index (χ4v) is 1.76. The van der Waals surface area contributed by atoms with E-state index >= 15 is 0 Å². The van der Waals surface area contributed by atoms with Crippen LogP contribution in [0.4, 0.5) is 14.5 Å². The lowest BCUT2D eigenvalue weighted by molar-refractivity contribution is 0.619. The molecular weight excluding hydrogens is 232 g/mol. The highest BCUT2D eigenvalue weighted by Gasteiger charge is 2.02. The van der Waals surface area contributed by atoms with Crippen molar-refractivity contribution < 1.29 is 8.78 Å². The molecule has 94 valence electrons. The zero-order valence-corrected chi connectivity index (χ0v) is 10.4. The Hall–Kier alpha value is -1.90. The molecule has 0 atom stereocenters. The molecule has 2 rings (SSSR count). The molecule has 18 heavy (non-hydrogen) atoms. The Morgan fingerprint density at radius 2 is 1.72 bits per heavy atom. The Kier molecular flexibility index (Phi) is 3.60. The minimum atomic E-state index is -0.238. The number of hydrogen-bond donors (Lipinski definition) is 1. The number of aryl methyl sites for hydroxylation is 2. The zero-order chi connectivity index (χ0) is 13.1. The Bertz CT molecular complexity index is 564. The van der Waals surface area contributed by atoms with Crippen LogP contribution in [0.2, 0.25) is 0 Å². The molecule has 0 heterocycles. The average Bonchev–Trinajstić information content (AvgIpc) is 2.32. The van der Waals surface area contributed by atoms with Gasteiger partial charge in [0.1, 0.15) is 11.6 Å². The van der Waals surface area contributed by atoms with Gasteiger partial charge in [-0.3, -0.25) is 0 Å². The number of rotatable bonds is 3. The van der Waals surface area contributed by atoms with Gasteiger partial charge in [-0.15, -0.1) is 0 Å². The highest BCUT2D eigenvalue weighted by molar-refractivity contribution is 5.46. The fourth-order valence-electron chi connectivity index (χ4n) is 1.76. The van der Waals surface area contributed by atoms with Crippen LogP contribution in [0, 0.1) is 25.5 Å². The summed E-state index contributed by atoms with van der Waals surface area (Å²) in [5.74, 6) is -0.464. The molecule has 0 amide bonds. The van der Waals surface area contributed by atoms with Crippen molar-refractivity contribution in [1.82, 2.24) is 0 Å². The molecule has 0 fully saturated rings. The standard InChI is InChI=1S/C15H15F2N/c1-10-3-6-14(8-15(10)17)18-9-12-4-5-13(16)7-11(12)2/h3-8,18H,9H2,1-2H3. The molecule has 1 N–H and O–H groups in total. The van der Waals surface area contributed by atoms with Crippen molar-refractivity contribution in [2.24, 2.45) is 0 Å². The van der Waals surface area contributed by atoms with Crippen molar-refractivity contribution in [2.75, 3.05) is 5.32 Å². The Balaban J connectivity index is 2.09. The van der Waals surface area contributed by atoms with E-state index < -0.39 is 0 Å². The van der Waals surface area contributed by atoms with E-state index in [1.165, 1.54) is 18.2 Å². The van der Waals surface area contributed by atoms with Crippen LogP contribution in [0.15, 0.2) is 36.4 Å². The van der Waals surface area contributed by atoms with Gasteiger partial charge in [-0.2, -0.15) is 0 Å². The van der Waals surface area contributed by atoms with Crippen LogP contribution in [0.25, 0.3) is 0 Å². The van der Waals surface area contributed by atoms with Crippen LogP contribution in [0.5, 0.6) is 0 Å². The van der Waals surface area contributed by atoms with Crippen molar-refractivity contribution in [3.05, 3.63) is 64.7 Å². The van der Waals surface area contributed by atoms with Crippen molar-refractivity contribution in [3.63, 3.8) is 0 Å². The second-order valence-corrected chi connectivity index (χ2v) is 4.39. The maximum Gasteiger partial charge on any atom is 0.128 e. The van der Waals surface area contributed by atoms with E-state index in [0.717, 1.165) is 16.8 Å². The summed E-state index contributed by atoms with van der Waals surface area (Å²) in [7, 11) is 0. The minimum absolute atomic E-state index is 0.226. The third kappa shape index (κ3) is 2.86. The Morgan fingerprint density at radius 3 is 2.39 bits per heavy atom. The maximum atomic E-state index is 13.3. The van der Waals surface area contributed by atoms with Crippen LogP contribution in [-0.4, -0.2) is 0 Å². The van der Waals surface area contributed by atoms with Crippen LogP contribution >= 0.6 is 0 Å². The normalized spacial score (nSPS) is 10.4. The molecule has 0 aliphatic rings. The molecule has 0 spiro atoms. The molecule has 0 radical (unpaired) electrons. The summed E-state index contributed by atoms with van der Waals surface area (Å²) in [4.78, 5) is 0. The predicted molar refractivity (Wildman–Crippen MR) is 69.6 cm³/mol. The van der Waals surface area contributed by atoms with Gasteiger partial charge >= 0.3 is 0 Å². The summed E-state index contributed by atoms with van der Waals surface area (Å²) >= 11 is 0. The van der Waals surface area contributed by atoms with E-state index in [4.69, 9.17) is 0 Å². The summed E-state index contributed by atoms with van der Waals surface area (Å²) in [5, 5.41) is 3.13. The summed E-state index contributed by atoms with van der Waals surface area (Å²) in [6.45, 7) is 4.13. The first kappa shape index (κ1) is 12.6. The summed E-state index contributed by atoms with van der Waals surface area (Å²) in [6, 6.07) is 9.69. The molecule has 3 heteroatoms. The third-order valence-electron chi connectivity index (χ3n) is 2.96. The van der Waals surface area contributed by atoms with E-state index in [9.17, 15) is 8.78 Å². The Labute approximate surface area is 105 Å². The molecule has 0 saturated carbocycles. The molecule has 1 nitrogen and oxygen atoms in total. The lowest BCUT2D eigenvalue weighted by Crippen LogP contribution is -2.02. The van der Waals surface area contributed by atoms with E-state index in [-0.39, 0.29) is 11.6 Å². The topological polar surface area (TPSA) is 12.0 Å². The second kappa shape index (κ2) is 5.17. The smallest absolute Gasteiger partial charge is 0.128 e. The molecule has 0 aromatic heterocycles. The van der Waals surface area contributed by atoms with Crippen molar-refractivity contribution in [2.45, 2.75) is 20.4 Å². The van der Waals surface area contributed by atoms with E-state index in [1.807, 2.05) is 13.0 Å². The molecule has 2 aromatic rings. The highest BCUT2D eigenvalue weighted by Crippen LogP contribution is 2.16. The molecule has 2 aromatic carbocycles. The lowest BCUT2D eigenvalue weighted by Gasteiger charge is -2.10. The molecular formula is C15H15F2N. The first-order chi connectivity index (χ1) is 8.56. The molecule has 0 aliphatic heterocycles. The van der Waals surface area contributed by atoms with Crippen LogP contribution in [-0.2, 0) is 6.54 Å². The number of benzene rings is 2. The van der Waals surface area contributed by atoms with Crippen LogP contribution in [0.1, 0.15) is 16.7 Å². The van der Waals surface area contributed by atoms with Gasteiger partial charge in [-0.05, 0) is 54.8 Å². The molecule has 0 bridgehead atoms. The SMILES string of the molecule is Cc1ccc(NCc2ccc(F)cc2C)cc1F. The van der Waals surface area contributed by atoms with Crippen molar-refractivity contribution >= 4 is 5.69 Å². The summed E-state index contributed by atoms with van der Waals surface area (Å²) in [5.41, 5.74) is 3.23. The van der Waals surface area contributed by atoms with Gasteiger partial charge in [0.05, 0.1) is 0 Å². The zero-order valence-electron chi connectivity index (χ0n) is 10.4. The van der Waals surface area contributed by atoms with Gasteiger partial charge < -0.3 is 5.32 Å². The number of halogens is 2. The molecule has 0 saturated heterocycles. The number of anilines is 1. The van der Waals surface area contributed by atoms with Gasteiger partial charge in [-0.1, -0.05) is 12.1 Å². The third-order valence-corrected chi connectivity index (χ3v) is 2.96. The van der Waals surface area contributed by atoms with E-state index in [2.05, 4.69) is 5.32 Å². The maximum absolute atomic E-state index is 13.3. The van der Waals surface area contributed by atoms with Crippen molar-refractivity contribution in [1.29, 1.82) is 0 Å². The fraction of sp³-hybridized carbons (Fsp3) is 0.200. The highest BCUT2D eigenvalue weighted by atomic mass is 19.1. The van der Waals surface area contributed by atoms with Gasteiger partial charge in [0.2, 0.25) is 0 Å². The first-order valence-corrected chi connectivity index (χ1v) is 5.81. The lowest BCUT2D eigenvalue weighted by atomic mass is 10.1. The summed E-state index contributed by atoms with van der Waals surface area (Å²) in [6.07, 6.45) is 0. The minimum Gasteiger partial charge on any atom is -0.381 e.